The Hall–Kier alpha value is -0.350. The highest BCUT2D eigenvalue weighted by atomic mass is 32.1. The SMILES string of the molecule is COCCCNC(=S)NC1CCCC1(C)C. The van der Waals surface area contributed by atoms with Gasteiger partial charge in [-0.1, -0.05) is 20.3 Å². The second-order valence-corrected chi connectivity index (χ2v) is 5.59. The van der Waals surface area contributed by atoms with Crippen molar-refractivity contribution in [1.82, 2.24) is 10.6 Å². The van der Waals surface area contributed by atoms with Crippen LogP contribution in [0.15, 0.2) is 0 Å². The highest BCUT2D eigenvalue weighted by Crippen LogP contribution is 2.36. The van der Waals surface area contributed by atoms with Crippen molar-refractivity contribution in [2.24, 2.45) is 5.41 Å². The predicted octanol–water partition coefficient (Wildman–Crippen LogP) is 2.07. The molecule has 3 nitrogen and oxygen atoms in total. The first-order chi connectivity index (χ1) is 7.56. The molecular formula is C12H24N2OS. The van der Waals surface area contributed by atoms with Gasteiger partial charge >= 0.3 is 0 Å². The average molecular weight is 244 g/mol. The first-order valence-electron chi connectivity index (χ1n) is 6.09. The molecule has 2 N–H and O–H groups in total. The van der Waals surface area contributed by atoms with Gasteiger partial charge in [-0.2, -0.15) is 0 Å². The standard InChI is InChI=1S/C12H24N2OS/c1-12(2)7-4-6-10(12)14-11(16)13-8-5-9-15-3/h10H,4-9H2,1-3H3,(H2,13,14,16). The fourth-order valence-corrected chi connectivity index (χ4v) is 2.47. The second kappa shape index (κ2) is 6.40. The maximum Gasteiger partial charge on any atom is 0.166 e. The number of ether oxygens (including phenoxy) is 1. The van der Waals surface area contributed by atoms with Crippen molar-refractivity contribution < 1.29 is 4.74 Å². The van der Waals surface area contributed by atoms with Crippen LogP contribution < -0.4 is 10.6 Å². The lowest BCUT2D eigenvalue weighted by atomic mass is 9.87. The fraction of sp³-hybridized carbons (Fsp3) is 0.917. The quantitative estimate of drug-likeness (QED) is 0.573. The summed E-state index contributed by atoms with van der Waals surface area (Å²) in [5.74, 6) is 0. The molecule has 0 saturated heterocycles. The summed E-state index contributed by atoms with van der Waals surface area (Å²) in [6.07, 6.45) is 4.81. The summed E-state index contributed by atoms with van der Waals surface area (Å²) in [7, 11) is 1.72. The normalized spacial score (nSPS) is 23.1. The predicted molar refractivity (Wildman–Crippen MR) is 71.6 cm³/mol. The summed E-state index contributed by atoms with van der Waals surface area (Å²) in [6, 6.07) is 0.523. The number of rotatable bonds is 5. The largest absolute Gasteiger partial charge is 0.385 e. The van der Waals surface area contributed by atoms with Gasteiger partial charge in [0, 0.05) is 26.3 Å². The minimum atomic E-state index is 0.373. The van der Waals surface area contributed by atoms with E-state index in [-0.39, 0.29) is 0 Å². The Labute approximate surface area is 104 Å². The lowest BCUT2D eigenvalue weighted by Crippen LogP contribution is -2.46. The third kappa shape index (κ3) is 4.26. The van der Waals surface area contributed by atoms with Gasteiger partial charge in [-0.15, -0.1) is 0 Å². The summed E-state index contributed by atoms with van der Waals surface area (Å²) in [5.41, 5.74) is 0.373. The molecule has 1 rings (SSSR count). The van der Waals surface area contributed by atoms with E-state index in [1.54, 1.807) is 7.11 Å². The van der Waals surface area contributed by atoms with E-state index < -0.39 is 0 Å². The van der Waals surface area contributed by atoms with Crippen LogP contribution in [-0.4, -0.2) is 31.4 Å². The lowest BCUT2D eigenvalue weighted by molar-refractivity contribution is 0.195. The van der Waals surface area contributed by atoms with Gasteiger partial charge in [0.2, 0.25) is 0 Å². The molecule has 1 unspecified atom stereocenters. The monoisotopic (exact) mass is 244 g/mol. The van der Waals surface area contributed by atoms with E-state index >= 15 is 0 Å². The van der Waals surface area contributed by atoms with Crippen LogP contribution in [0.4, 0.5) is 0 Å². The van der Waals surface area contributed by atoms with Crippen LogP contribution in [-0.2, 0) is 4.74 Å². The van der Waals surface area contributed by atoms with Crippen LogP contribution in [0.25, 0.3) is 0 Å². The van der Waals surface area contributed by atoms with Gasteiger partial charge in [-0.25, -0.2) is 0 Å². The molecule has 4 heteroatoms. The smallest absolute Gasteiger partial charge is 0.166 e. The van der Waals surface area contributed by atoms with Gasteiger partial charge < -0.3 is 15.4 Å². The van der Waals surface area contributed by atoms with E-state index in [1.165, 1.54) is 19.3 Å². The van der Waals surface area contributed by atoms with E-state index in [0.717, 1.165) is 24.7 Å². The van der Waals surface area contributed by atoms with Crippen LogP contribution in [0.2, 0.25) is 0 Å². The van der Waals surface area contributed by atoms with Gasteiger partial charge in [0.25, 0.3) is 0 Å². The van der Waals surface area contributed by atoms with Crippen molar-refractivity contribution in [3.8, 4) is 0 Å². The number of nitrogens with one attached hydrogen (secondary N) is 2. The van der Waals surface area contributed by atoms with Crippen molar-refractivity contribution >= 4 is 17.3 Å². The molecule has 1 aliphatic rings. The molecule has 0 heterocycles. The lowest BCUT2D eigenvalue weighted by Gasteiger charge is -2.29. The second-order valence-electron chi connectivity index (χ2n) is 5.18. The Bertz CT molecular complexity index is 231. The number of methoxy groups -OCH3 is 1. The minimum Gasteiger partial charge on any atom is -0.385 e. The first-order valence-corrected chi connectivity index (χ1v) is 6.50. The molecule has 0 aliphatic heterocycles. The zero-order valence-corrected chi connectivity index (χ0v) is 11.5. The van der Waals surface area contributed by atoms with Gasteiger partial charge in [-0.3, -0.25) is 0 Å². The Kier molecular flexibility index (Phi) is 5.49. The summed E-state index contributed by atoms with van der Waals surface area (Å²) in [5, 5.41) is 7.44. The zero-order chi connectivity index (χ0) is 12.0. The van der Waals surface area contributed by atoms with Crippen molar-refractivity contribution in [3.63, 3.8) is 0 Å². The van der Waals surface area contributed by atoms with Crippen molar-refractivity contribution in [2.75, 3.05) is 20.3 Å². The third-order valence-corrected chi connectivity index (χ3v) is 3.64. The van der Waals surface area contributed by atoms with Crippen LogP contribution >= 0.6 is 12.2 Å². The van der Waals surface area contributed by atoms with E-state index in [1.807, 2.05) is 0 Å². The van der Waals surface area contributed by atoms with Crippen LogP contribution in [0.3, 0.4) is 0 Å². The third-order valence-electron chi connectivity index (χ3n) is 3.37. The summed E-state index contributed by atoms with van der Waals surface area (Å²) in [6.45, 7) is 6.29. The Morgan fingerprint density at radius 1 is 1.50 bits per heavy atom. The maximum atomic E-state index is 5.28. The molecule has 16 heavy (non-hydrogen) atoms. The first kappa shape index (κ1) is 13.7. The summed E-state index contributed by atoms with van der Waals surface area (Å²) >= 11 is 5.28. The zero-order valence-electron chi connectivity index (χ0n) is 10.6. The van der Waals surface area contributed by atoms with Gasteiger partial charge in [0.1, 0.15) is 0 Å². The van der Waals surface area contributed by atoms with E-state index in [0.29, 0.717) is 11.5 Å². The molecule has 0 spiro atoms. The molecule has 1 saturated carbocycles. The molecular weight excluding hydrogens is 220 g/mol. The Morgan fingerprint density at radius 3 is 2.81 bits per heavy atom. The Morgan fingerprint density at radius 2 is 2.25 bits per heavy atom. The van der Waals surface area contributed by atoms with E-state index in [4.69, 9.17) is 17.0 Å². The van der Waals surface area contributed by atoms with Crippen molar-refractivity contribution in [2.45, 2.75) is 45.6 Å². The van der Waals surface area contributed by atoms with Crippen molar-refractivity contribution in [1.29, 1.82) is 0 Å². The molecule has 0 bridgehead atoms. The highest BCUT2D eigenvalue weighted by Gasteiger charge is 2.34. The molecule has 0 aromatic heterocycles. The summed E-state index contributed by atoms with van der Waals surface area (Å²) in [4.78, 5) is 0. The number of hydrogen-bond donors (Lipinski definition) is 2. The van der Waals surface area contributed by atoms with E-state index in [9.17, 15) is 0 Å². The van der Waals surface area contributed by atoms with Crippen LogP contribution in [0.5, 0.6) is 0 Å². The number of thiocarbonyl (C=S) groups is 1. The molecule has 1 aliphatic carbocycles. The molecule has 0 aromatic carbocycles. The molecule has 1 fully saturated rings. The number of hydrogen-bond acceptors (Lipinski definition) is 2. The van der Waals surface area contributed by atoms with E-state index in [2.05, 4.69) is 24.5 Å². The average Bonchev–Trinajstić information content (AvgIpc) is 2.53. The summed E-state index contributed by atoms with van der Waals surface area (Å²) < 4.78 is 4.99. The maximum absolute atomic E-state index is 5.28. The molecule has 0 radical (unpaired) electrons. The molecule has 0 amide bonds. The van der Waals surface area contributed by atoms with Crippen LogP contribution in [0, 0.1) is 5.41 Å². The molecule has 94 valence electrons. The Balaban J connectivity index is 2.19. The fourth-order valence-electron chi connectivity index (χ4n) is 2.22. The van der Waals surface area contributed by atoms with Gasteiger partial charge in [-0.05, 0) is 36.9 Å². The van der Waals surface area contributed by atoms with Gasteiger partial charge in [0.15, 0.2) is 5.11 Å². The topological polar surface area (TPSA) is 33.3 Å². The molecule has 1 atom stereocenters. The van der Waals surface area contributed by atoms with Gasteiger partial charge in [0.05, 0.1) is 0 Å². The van der Waals surface area contributed by atoms with Crippen LogP contribution in [0.1, 0.15) is 39.5 Å². The molecule has 0 aromatic rings. The minimum absolute atomic E-state index is 0.373. The van der Waals surface area contributed by atoms with Crippen molar-refractivity contribution in [3.05, 3.63) is 0 Å². The highest BCUT2D eigenvalue weighted by molar-refractivity contribution is 7.80.